The Morgan fingerprint density at radius 2 is 2.11 bits per heavy atom. The molecule has 3 nitrogen and oxygen atoms in total. The van der Waals surface area contributed by atoms with Gasteiger partial charge in [-0.3, -0.25) is 4.79 Å². The highest BCUT2D eigenvalue weighted by Gasteiger charge is 2.42. The Labute approximate surface area is 110 Å². The molecule has 5 heteroatoms. The van der Waals surface area contributed by atoms with Gasteiger partial charge in [-0.2, -0.15) is 0 Å². The summed E-state index contributed by atoms with van der Waals surface area (Å²) in [4.78, 5) is 12.2. The van der Waals surface area contributed by atoms with Crippen molar-refractivity contribution in [3.63, 3.8) is 0 Å². The first-order valence-corrected chi connectivity index (χ1v) is 6.64. The minimum atomic E-state index is -0.948. The van der Waals surface area contributed by atoms with Crippen molar-refractivity contribution in [3.05, 3.63) is 29.8 Å². The third-order valence-corrected chi connectivity index (χ3v) is 4.22. The van der Waals surface area contributed by atoms with E-state index in [1.807, 2.05) is 0 Å². The van der Waals surface area contributed by atoms with Crippen molar-refractivity contribution in [1.29, 1.82) is 0 Å². The molecule has 0 spiro atoms. The average molecular weight is 266 g/mol. The first-order valence-electron chi connectivity index (χ1n) is 6.64. The normalized spacial score (nSPS) is 29.3. The number of fused-ring (bicyclic) bond motifs is 1. The fraction of sp³-hybridized carbons (Fsp3) is 0.500. The number of benzene rings is 1. The van der Waals surface area contributed by atoms with Gasteiger partial charge in [0.1, 0.15) is 0 Å². The van der Waals surface area contributed by atoms with E-state index in [1.54, 1.807) is 0 Å². The predicted molar refractivity (Wildman–Crippen MR) is 67.6 cm³/mol. The van der Waals surface area contributed by atoms with Gasteiger partial charge in [0.2, 0.25) is 5.91 Å². The maximum Gasteiger partial charge on any atom is 0.241 e. The van der Waals surface area contributed by atoms with E-state index in [-0.39, 0.29) is 11.9 Å². The summed E-state index contributed by atoms with van der Waals surface area (Å²) in [6, 6.07) is 3.19. The van der Waals surface area contributed by atoms with E-state index in [1.165, 1.54) is 18.9 Å². The van der Waals surface area contributed by atoms with Crippen LogP contribution < -0.4 is 10.6 Å². The van der Waals surface area contributed by atoms with Crippen molar-refractivity contribution >= 4 is 11.6 Å². The van der Waals surface area contributed by atoms with Gasteiger partial charge in [0, 0.05) is 11.8 Å². The Hall–Kier alpha value is -1.49. The van der Waals surface area contributed by atoms with Crippen LogP contribution in [0.4, 0.5) is 14.5 Å². The van der Waals surface area contributed by atoms with Crippen LogP contribution in [0.5, 0.6) is 0 Å². The minimum absolute atomic E-state index is 0.152. The number of carbonyl (C=O) groups is 1. The number of hydrogen-bond acceptors (Lipinski definition) is 2. The van der Waals surface area contributed by atoms with Gasteiger partial charge < -0.3 is 10.6 Å². The van der Waals surface area contributed by atoms with E-state index in [4.69, 9.17) is 0 Å². The van der Waals surface area contributed by atoms with Crippen molar-refractivity contribution in [1.82, 2.24) is 5.32 Å². The van der Waals surface area contributed by atoms with Gasteiger partial charge in [-0.05, 0) is 43.4 Å². The summed E-state index contributed by atoms with van der Waals surface area (Å²) in [5.74, 6) is -1.05. The van der Waals surface area contributed by atoms with E-state index in [2.05, 4.69) is 10.6 Å². The van der Waals surface area contributed by atoms with Crippen molar-refractivity contribution < 1.29 is 13.6 Å². The average Bonchev–Trinajstić information content (AvgIpc) is 2.95. The minimum Gasteiger partial charge on any atom is -0.325 e. The lowest BCUT2D eigenvalue weighted by molar-refractivity contribution is -0.118. The molecule has 2 fully saturated rings. The Morgan fingerprint density at radius 1 is 1.26 bits per heavy atom. The number of rotatable bonds is 2. The molecule has 1 amide bonds. The van der Waals surface area contributed by atoms with Crippen LogP contribution in [0, 0.1) is 23.5 Å². The molecule has 1 aliphatic carbocycles. The van der Waals surface area contributed by atoms with Crippen LogP contribution in [0.2, 0.25) is 0 Å². The molecule has 0 bridgehead atoms. The van der Waals surface area contributed by atoms with Gasteiger partial charge in [0.05, 0.1) is 6.04 Å². The maximum atomic E-state index is 13.1. The van der Waals surface area contributed by atoms with E-state index in [9.17, 15) is 13.6 Å². The summed E-state index contributed by atoms with van der Waals surface area (Å²) < 4.78 is 25.9. The van der Waals surface area contributed by atoms with E-state index >= 15 is 0 Å². The van der Waals surface area contributed by atoms with Gasteiger partial charge in [-0.15, -0.1) is 0 Å². The fourth-order valence-electron chi connectivity index (χ4n) is 3.27. The van der Waals surface area contributed by atoms with E-state index in [0.717, 1.165) is 25.1 Å². The third-order valence-electron chi connectivity index (χ3n) is 4.22. The first-order chi connectivity index (χ1) is 9.15. The van der Waals surface area contributed by atoms with Gasteiger partial charge in [0.15, 0.2) is 11.6 Å². The summed E-state index contributed by atoms with van der Waals surface area (Å²) in [7, 11) is 0. The molecular weight excluding hydrogens is 250 g/mol. The van der Waals surface area contributed by atoms with Crippen LogP contribution >= 0.6 is 0 Å². The van der Waals surface area contributed by atoms with Crippen molar-refractivity contribution in [2.45, 2.75) is 25.3 Å². The molecule has 2 aliphatic rings. The quantitative estimate of drug-likeness (QED) is 0.862. The molecule has 3 unspecified atom stereocenters. The lowest BCUT2D eigenvalue weighted by Crippen LogP contribution is -2.39. The Bertz CT molecular complexity index is 506. The molecule has 102 valence electrons. The summed E-state index contributed by atoms with van der Waals surface area (Å²) in [5, 5.41) is 5.88. The zero-order chi connectivity index (χ0) is 13.4. The molecule has 1 aliphatic heterocycles. The Balaban J connectivity index is 1.69. The second kappa shape index (κ2) is 4.89. The fourth-order valence-corrected chi connectivity index (χ4v) is 3.27. The number of amides is 1. The lowest BCUT2D eigenvalue weighted by atomic mass is 9.93. The molecule has 2 N–H and O–H groups in total. The summed E-state index contributed by atoms with van der Waals surface area (Å²) in [6.45, 7) is 0.876. The molecule has 1 saturated carbocycles. The number of hydrogen-bond donors (Lipinski definition) is 2. The van der Waals surface area contributed by atoms with E-state index in [0.29, 0.717) is 17.5 Å². The largest absolute Gasteiger partial charge is 0.325 e. The number of carbonyl (C=O) groups excluding carboxylic acids is 1. The molecule has 1 heterocycles. The van der Waals surface area contributed by atoms with Crippen LogP contribution in [0.1, 0.15) is 19.3 Å². The molecule has 1 saturated heterocycles. The van der Waals surface area contributed by atoms with Gasteiger partial charge in [0.25, 0.3) is 0 Å². The Kier molecular flexibility index (Phi) is 3.22. The van der Waals surface area contributed by atoms with Crippen molar-refractivity contribution in [3.8, 4) is 0 Å². The standard InChI is InChI=1S/C14H16F2N2O/c15-11-5-4-9(6-12(11)16)18-14(19)13-10-3-1-2-8(10)7-17-13/h4-6,8,10,13,17H,1-3,7H2,(H,18,19). The molecule has 0 radical (unpaired) electrons. The van der Waals surface area contributed by atoms with Crippen LogP contribution in [-0.4, -0.2) is 18.5 Å². The van der Waals surface area contributed by atoms with Crippen molar-refractivity contribution in [2.75, 3.05) is 11.9 Å². The Morgan fingerprint density at radius 3 is 2.89 bits per heavy atom. The van der Waals surface area contributed by atoms with E-state index < -0.39 is 11.6 Å². The number of halogens is 2. The number of nitrogens with one attached hydrogen (secondary N) is 2. The topological polar surface area (TPSA) is 41.1 Å². The highest BCUT2D eigenvalue weighted by atomic mass is 19.2. The summed E-state index contributed by atoms with van der Waals surface area (Å²) in [5.41, 5.74) is 0.298. The highest BCUT2D eigenvalue weighted by Crippen LogP contribution is 2.37. The first kappa shape index (κ1) is 12.5. The van der Waals surface area contributed by atoms with Gasteiger partial charge in [-0.25, -0.2) is 8.78 Å². The zero-order valence-corrected chi connectivity index (χ0v) is 10.5. The summed E-state index contributed by atoms with van der Waals surface area (Å²) >= 11 is 0. The monoisotopic (exact) mass is 266 g/mol. The van der Waals surface area contributed by atoms with Crippen LogP contribution in [-0.2, 0) is 4.79 Å². The lowest BCUT2D eigenvalue weighted by Gasteiger charge is -2.17. The van der Waals surface area contributed by atoms with Crippen LogP contribution in [0.3, 0.4) is 0 Å². The van der Waals surface area contributed by atoms with Gasteiger partial charge >= 0.3 is 0 Å². The predicted octanol–water partition coefficient (Wildman–Crippen LogP) is 2.29. The second-order valence-electron chi connectivity index (χ2n) is 5.36. The third kappa shape index (κ3) is 2.34. The number of anilines is 1. The van der Waals surface area contributed by atoms with Crippen LogP contribution in [0.25, 0.3) is 0 Å². The van der Waals surface area contributed by atoms with Crippen LogP contribution in [0.15, 0.2) is 18.2 Å². The SMILES string of the molecule is O=C(Nc1ccc(F)c(F)c1)C1NCC2CCCC21. The summed E-state index contributed by atoms with van der Waals surface area (Å²) in [6.07, 6.45) is 3.41. The molecule has 1 aromatic rings. The van der Waals surface area contributed by atoms with Crippen molar-refractivity contribution in [2.24, 2.45) is 11.8 Å². The molecule has 3 atom stereocenters. The maximum absolute atomic E-state index is 13.1. The molecule has 19 heavy (non-hydrogen) atoms. The highest BCUT2D eigenvalue weighted by molar-refractivity contribution is 5.95. The molecular formula is C14H16F2N2O. The second-order valence-corrected chi connectivity index (χ2v) is 5.36. The molecule has 1 aromatic carbocycles. The molecule has 3 rings (SSSR count). The molecule has 0 aromatic heterocycles. The van der Waals surface area contributed by atoms with Gasteiger partial charge in [-0.1, -0.05) is 6.42 Å². The zero-order valence-electron chi connectivity index (χ0n) is 10.5. The smallest absolute Gasteiger partial charge is 0.241 e.